The standard InChI is InChI=1S/C13H21NO4S/c1-8-5-9(2)11(4)13(10(8)3)19(17,18)14-12(6-15)7-16/h5,12,14-16H,6-7H2,1-4H3. The average Bonchev–Trinajstić information content (AvgIpc) is 2.33. The Morgan fingerprint density at radius 2 is 1.47 bits per heavy atom. The van der Waals surface area contributed by atoms with Gasteiger partial charge in [-0.3, -0.25) is 0 Å². The van der Waals surface area contributed by atoms with Gasteiger partial charge in [-0.05, 0) is 49.9 Å². The van der Waals surface area contributed by atoms with Crippen LogP contribution in [0.1, 0.15) is 22.3 Å². The molecule has 0 spiro atoms. The highest BCUT2D eigenvalue weighted by atomic mass is 32.2. The normalized spacial score (nSPS) is 12.2. The van der Waals surface area contributed by atoms with E-state index in [0.29, 0.717) is 11.1 Å². The lowest BCUT2D eigenvalue weighted by Crippen LogP contribution is -2.40. The summed E-state index contributed by atoms with van der Waals surface area (Å²) in [5.74, 6) is 0. The van der Waals surface area contributed by atoms with E-state index in [1.807, 2.05) is 19.9 Å². The molecular weight excluding hydrogens is 266 g/mol. The van der Waals surface area contributed by atoms with Gasteiger partial charge in [0.1, 0.15) is 0 Å². The van der Waals surface area contributed by atoms with E-state index in [1.165, 1.54) is 0 Å². The molecule has 0 saturated heterocycles. The van der Waals surface area contributed by atoms with E-state index < -0.39 is 29.3 Å². The zero-order chi connectivity index (χ0) is 14.8. The third-order valence-electron chi connectivity index (χ3n) is 3.33. The van der Waals surface area contributed by atoms with Crippen molar-refractivity contribution in [2.75, 3.05) is 13.2 Å². The van der Waals surface area contributed by atoms with Gasteiger partial charge in [-0.25, -0.2) is 13.1 Å². The van der Waals surface area contributed by atoms with Gasteiger partial charge < -0.3 is 10.2 Å². The predicted molar refractivity (Wildman–Crippen MR) is 73.7 cm³/mol. The summed E-state index contributed by atoms with van der Waals surface area (Å²) < 4.78 is 27.1. The molecule has 6 heteroatoms. The zero-order valence-corrected chi connectivity index (χ0v) is 12.5. The molecule has 19 heavy (non-hydrogen) atoms. The molecule has 0 unspecified atom stereocenters. The Morgan fingerprint density at radius 1 is 1.05 bits per heavy atom. The molecule has 1 rings (SSSR count). The van der Waals surface area contributed by atoms with Gasteiger partial charge in [0, 0.05) is 0 Å². The van der Waals surface area contributed by atoms with E-state index in [9.17, 15) is 8.42 Å². The predicted octanol–water partition coefficient (Wildman–Crippen LogP) is 0.552. The topological polar surface area (TPSA) is 86.6 Å². The van der Waals surface area contributed by atoms with Crippen LogP contribution in [0.3, 0.4) is 0 Å². The maximum absolute atomic E-state index is 12.4. The van der Waals surface area contributed by atoms with Gasteiger partial charge in [-0.15, -0.1) is 0 Å². The fourth-order valence-corrected chi connectivity index (χ4v) is 3.83. The molecule has 0 radical (unpaired) electrons. The van der Waals surface area contributed by atoms with Crippen LogP contribution in [0.5, 0.6) is 0 Å². The number of sulfonamides is 1. The second-order valence-electron chi connectivity index (χ2n) is 4.77. The van der Waals surface area contributed by atoms with E-state index in [1.54, 1.807) is 13.8 Å². The van der Waals surface area contributed by atoms with E-state index >= 15 is 0 Å². The van der Waals surface area contributed by atoms with Crippen LogP contribution in [0.25, 0.3) is 0 Å². The first-order chi connectivity index (χ1) is 8.74. The van der Waals surface area contributed by atoms with Crippen LogP contribution in [0.2, 0.25) is 0 Å². The first-order valence-electron chi connectivity index (χ1n) is 6.06. The molecule has 5 nitrogen and oxygen atoms in total. The summed E-state index contributed by atoms with van der Waals surface area (Å²) in [5.41, 5.74) is 3.16. The van der Waals surface area contributed by atoms with Crippen LogP contribution in [-0.2, 0) is 10.0 Å². The Balaban J connectivity index is 3.37. The fraction of sp³-hybridized carbons (Fsp3) is 0.538. The number of nitrogens with one attached hydrogen (secondary N) is 1. The zero-order valence-electron chi connectivity index (χ0n) is 11.7. The van der Waals surface area contributed by atoms with Crippen molar-refractivity contribution in [2.45, 2.75) is 38.6 Å². The summed E-state index contributed by atoms with van der Waals surface area (Å²) in [7, 11) is -3.76. The van der Waals surface area contributed by atoms with Gasteiger partial charge >= 0.3 is 0 Å². The lowest BCUT2D eigenvalue weighted by Gasteiger charge is -2.19. The molecule has 0 aliphatic rings. The molecule has 0 aromatic heterocycles. The summed E-state index contributed by atoms with van der Waals surface area (Å²) >= 11 is 0. The van der Waals surface area contributed by atoms with Crippen molar-refractivity contribution >= 4 is 10.0 Å². The van der Waals surface area contributed by atoms with E-state index in [4.69, 9.17) is 10.2 Å². The van der Waals surface area contributed by atoms with Gasteiger partial charge in [0.25, 0.3) is 0 Å². The first kappa shape index (κ1) is 16.1. The molecule has 3 N–H and O–H groups in total. The highest BCUT2D eigenvalue weighted by Crippen LogP contribution is 2.26. The lowest BCUT2D eigenvalue weighted by molar-refractivity contribution is 0.185. The van der Waals surface area contributed by atoms with Gasteiger partial charge in [0.05, 0.1) is 24.2 Å². The molecule has 0 amide bonds. The number of hydrogen-bond donors (Lipinski definition) is 3. The molecule has 1 aromatic rings. The quantitative estimate of drug-likeness (QED) is 0.738. The molecule has 1 aromatic carbocycles. The van der Waals surface area contributed by atoms with Crippen molar-refractivity contribution in [3.05, 3.63) is 28.3 Å². The Hall–Kier alpha value is -0.950. The third-order valence-corrected chi connectivity index (χ3v) is 5.12. The fourth-order valence-electron chi connectivity index (χ4n) is 1.99. The number of benzene rings is 1. The van der Waals surface area contributed by atoms with Crippen LogP contribution < -0.4 is 4.72 Å². The summed E-state index contributed by atoms with van der Waals surface area (Å²) in [6.07, 6.45) is 0. The molecule has 0 heterocycles. The lowest BCUT2D eigenvalue weighted by atomic mass is 10.0. The maximum atomic E-state index is 12.4. The highest BCUT2D eigenvalue weighted by molar-refractivity contribution is 7.89. The second-order valence-corrected chi connectivity index (χ2v) is 6.42. The number of rotatable bonds is 5. The summed E-state index contributed by atoms with van der Waals surface area (Å²) in [6, 6.07) is 1.06. The van der Waals surface area contributed by atoms with Crippen LogP contribution in [0.4, 0.5) is 0 Å². The molecule has 0 fully saturated rings. The van der Waals surface area contributed by atoms with Gasteiger partial charge in [0.15, 0.2) is 0 Å². The molecule has 0 saturated carbocycles. The minimum Gasteiger partial charge on any atom is -0.395 e. The van der Waals surface area contributed by atoms with Crippen LogP contribution >= 0.6 is 0 Å². The first-order valence-corrected chi connectivity index (χ1v) is 7.54. The van der Waals surface area contributed by atoms with Gasteiger partial charge in [-0.2, -0.15) is 0 Å². The van der Waals surface area contributed by atoms with Crippen molar-refractivity contribution in [1.29, 1.82) is 0 Å². The van der Waals surface area contributed by atoms with Crippen molar-refractivity contribution in [2.24, 2.45) is 0 Å². The highest BCUT2D eigenvalue weighted by Gasteiger charge is 2.24. The smallest absolute Gasteiger partial charge is 0.241 e. The molecular formula is C13H21NO4S. The Morgan fingerprint density at radius 3 is 1.84 bits per heavy atom. The van der Waals surface area contributed by atoms with E-state index in [2.05, 4.69) is 4.72 Å². The Bertz CT molecular complexity index is 536. The number of aliphatic hydroxyl groups excluding tert-OH is 2. The molecule has 0 bridgehead atoms. The van der Waals surface area contributed by atoms with Crippen molar-refractivity contribution in [3.63, 3.8) is 0 Å². The molecule has 0 atom stereocenters. The van der Waals surface area contributed by atoms with Crippen LogP contribution in [0.15, 0.2) is 11.0 Å². The summed E-state index contributed by atoms with van der Waals surface area (Å²) in [4.78, 5) is 0.233. The largest absolute Gasteiger partial charge is 0.395 e. The van der Waals surface area contributed by atoms with Crippen LogP contribution in [-0.4, -0.2) is 37.9 Å². The van der Waals surface area contributed by atoms with E-state index in [-0.39, 0.29) is 4.90 Å². The molecule has 108 valence electrons. The van der Waals surface area contributed by atoms with Crippen molar-refractivity contribution in [3.8, 4) is 0 Å². The number of aryl methyl sites for hydroxylation is 2. The van der Waals surface area contributed by atoms with E-state index in [0.717, 1.165) is 11.1 Å². The molecule has 0 aliphatic heterocycles. The monoisotopic (exact) mass is 287 g/mol. The number of hydrogen-bond acceptors (Lipinski definition) is 4. The molecule has 0 aliphatic carbocycles. The minimum absolute atomic E-state index is 0.233. The van der Waals surface area contributed by atoms with Crippen molar-refractivity contribution in [1.82, 2.24) is 4.72 Å². The SMILES string of the molecule is Cc1cc(C)c(C)c(S(=O)(=O)NC(CO)CO)c1C. The Kier molecular flexibility index (Phi) is 5.09. The van der Waals surface area contributed by atoms with Crippen molar-refractivity contribution < 1.29 is 18.6 Å². The second kappa shape index (κ2) is 6.00. The number of aliphatic hydroxyl groups is 2. The Labute approximate surface area is 114 Å². The summed E-state index contributed by atoms with van der Waals surface area (Å²) in [5, 5.41) is 18.0. The third kappa shape index (κ3) is 3.33. The average molecular weight is 287 g/mol. The van der Waals surface area contributed by atoms with Crippen LogP contribution in [0, 0.1) is 27.7 Å². The van der Waals surface area contributed by atoms with Gasteiger partial charge in [0.2, 0.25) is 10.0 Å². The maximum Gasteiger partial charge on any atom is 0.241 e. The minimum atomic E-state index is -3.76. The van der Waals surface area contributed by atoms with Gasteiger partial charge in [-0.1, -0.05) is 6.07 Å². The summed E-state index contributed by atoms with van der Waals surface area (Å²) in [6.45, 7) is 6.33.